The molecule has 4 amide bonds. The van der Waals surface area contributed by atoms with Crippen LogP contribution in [-0.4, -0.2) is 72.7 Å². The summed E-state index contributed by atoms with van der Waals surface area (Å²) in [6, 6.07) is -1.38. The molecule has 8 heteroatoms. The fourth-order valence-corrected chi connectivity index (χ4v) is 1.87. The zero-order chi connectivity index (χ0) is 14.4. The number of hydrogen-bond acceptors (Lipinski definition) is 3. The Kier molecular flexibility index (Phi) is 5.40. The predicted octanol–water partition coefficient (Wildman–Crippen LogP) is -0.484. The normalized spacial score (nSPS) is 18.0. The minimum Gasteiger partial charge on any atom is -0.480 e. The van der Waals surface area contributed by atoms with E-state index in [1.54, 1.807) is 14.1 Å². The maximum Gasteiger partial charge on any atom is 0.326 e. The van der Waals surface area contributed by atoms with E-state index in [4.69, 9.17) is 5.11 Å². The second-order valence-corrected chi connectivity index (χ2v) is 4.55. The molecular weight excluding hydrogens is 252 g/mol. The van der Waals surface area contributed by atoms with Gasteiger partial charge in [0.25, 0.3) is 0 Å². The largest absolute Gasteiger partial charge is 0.480 e. The number of aliphatic carboxylic acids is 1. The standard InChI is InChI=1S/C11H20N4O4/c1-14(2)10(18)12-5-6-13-11(19)15-7-3-4-8(15)9(16)17/h8H,3-7H2,1-2H3,(H,12,18)(H,13,19)(H,16,17)/t8-/m1/s1. The third kappa shape index (κ3) is 4.31. The molecule has 0 unspecified atom stereocenters. The Balaban J connectivity index is 2.28. The van der Waals surface area contributed by atoms with Crippen LogP contribution in [0.2, 0.25) is 0 Å². The third-order valence-electron chi connectivity index (χ3n) is 2.88. The highest BCUT2D eigenvalue weighted by Crippen LogP contribution is 2.16. The number of urea groups is 2. The van der Waals surface area contributed by atoms with E-state index in [2.05, 4.69) is 10.6 Å². The molecule has 0 aromatic carbocycles. The highest BCUT2D eigenvalue weighted by Gasteiger charge is 2.33. The van der Waals surface area contributed by atoms with Crippen LogP contribution in [0.3, 0.4) is 0 Å². The molecule has 0 aromatic heterocycles. The number of nitrogens with zero attached hydrogens (tertiary/aromatic N) is 2. The lowest BCUT2D eigenvalue weighted by atomic mass is 10.2. The van der Waals surface area contributed by atoms with Crippen LogP contribution in [0.5, 0.6) is 0 Å². The van der Waals surface area contributed by atoms with Gasteiger partial charge in [0, 0.05) is 33.7 Å². The molecule has 1 saturated heterocycles. The van der Waals surface area contributed by atoms with Crippen LogP contribution < -0.4 is 10.6 Å². The fourth-order valence-electron chi connectivity index (χ4n) is 1.87. The van der Waals surface area contributed by atoms with Crippen molar-refractivity contribution < 1.29 is 19.5 Å². The van der Waals surface area contributed by atoms with Crippen LogP contribution >= 0.6 is 0 Å². The molecular formula is C11H20N4O4. The summed E-state index contributed by atoms with van der Waals surface area (Å²) >= 11 is 0. The summed E-state index contributed by atoms with van der Waals surface area (Å²) in [5.41, 5.74) is 0. The van der Waals surface area contributed by atoms with Gasteiger partial charge < -0.3 is 25.5 Å². The van der Waals surface area contributed by atoms with E-state index in [-0.39, 0.29) is 12.6 Å². The number of nitrogens with one attached hydrogen (secondary N) is 2. The minimum atomic E-state index is -0.978. The van der Waals surface area contributed by atoms with Crippen molar-refractivity contribution in [2.45, 2.75) is 18.9 Å². The minimum absolute atomic E-state index is 0.237. The molecule has 0 bridgehead atoms. The second kappa shape index (κ2) is 6.81. The van der Waals surface area contributed by atoms with Crippen molar-refractivity contribution in [1.82, 2.24) is 20.4 Å². The first-order valence-corrected chi connectivity index (χ1v) is 6.16. The summed E-state index contributed by atoms with van der Waals surface area (Å²) in [6.07, 6.45) is 1.18. The number of likely N-dealkylation sites (tertiary alicyclic amines) is 1. The van der Waals surface area contributed by atoms with Crippen molar-refractivity contribution in [2.24, 2.45) is 0 Å². The van der Waals surface area contributed by atoms with E-state index in [1.165, 1.54) is 9.80 Å². The van der Waals surface area contributed by atoms with E-state index in [0.29, 0.717) is 25.9 Å². The van der Waals surface area contributed by atoms with Crippen LogP contribution in [0.15, 0.2) is 0 Å². The molecule has 1 aliphatic heterocycles. The van der Waals surface area contributed by atoms with Crippen molar-refractivity contribution >= 4 is 18.0 Å². The molecule has 1 fully saturated rings. The monoisotopic (exact) mass is 272 g/mol. The number of hydrogen-bond donors (Lipinski definition) is 3. The summed E-state index contributed by atoms with van der Waals surface area (Å²) in [5.74, 6) is -0.978. The van der Waals surface area contributed by atoms with Crippen molar-refractivity contribution in [3.63, 3.8) is 0 Å². The first kappa shape index (κ1) is 15.1. The Morgan fingerprint density at radius 2 is 1.89 bits per heavy atom. The van der Waals surface area contributed by atoms with Gasteiger partial charge in [-0.25, -0.2) is 14.4 Å². The predicted molar refractivity (Wildman–Crippen MR) is 67.8 cm³/mol. The summed E-state index contributed by atoms with van der Waals surface area (Å²) < 4.78 is 0. The van der Waals surface area contributed by atoms with Crippen molar-refractivity contribution in [3.05, 3.63) is 0 Å². The average molecular weight is 272 g/mol. The molecule has 8 nitrogen and oxygen atoms in total. The smallest absolute Gasteiger partial charge is 0.326 e. The summed E-state index contributed by atoms with van der Waals surface area (Å²) in [7, 11) is 3.24. The summed E-state index contributed by atoms with van der Waals surface area (Å²) in [6.45, 7) is 1.02. The zero-order valence-electron chi connectivity index (χ0n) is 11.2. The van der Waals surface area contributed by atoms with Gasteiger partial charge >= 0.3 is 18.0 Å². The lowest BCUT2D eigenvalue weighted by molar-refractivity contribution is -0.141. The van der Waals surface area contributed by atoms with Crippen LogP contribution in [-0.2, 0) is 4.79 Å². The lowest BCUT2D eigenvalue weighted by Gasteiger charge is -2.22. The topological polar surface area (TPSA) is 102 Å². The number of carbonyl (C=O) groups excluding carboxylic acids is 2. The molecule has 3 N–H and O–H groups in total. The van der Waals surface area contributed by atoms with Gasteiger partial charge in [-0.1, -0.05) is 0 Å². The molecule has 0 radical (unpaired) electrons. The first-order chi connectivity index (χ1) is 8.93. The molecule has 1 heterocycles. The number of amides is 4. The van der Waals surface area contributed by atoms with Gasteiger partial charge in [-0.05, 0) is 12.8 Å². The Hall–Kier alpha value is -1.99. The van der Waals surface area contributed by atoms with Gasteiger partial charge in [-0.3, -0.25) is 0 Å². The zero-order valence-corrected chi connectivity index (χ0v) is 11.2. The van der Waals surface area contributed by atoms with Gasteiger partial charge in [0.2, 0.25) is 0 Å². The Bertz CT molecular complexity index is 359. The van der Waals surface area contributed by atoms with Gasteiger partial charge in [0.15, 0.2) is 0 Å². The molecule has 1 aliphatic rings. The molecule has 1 rings (SSSR count). The Morgan fingerprint density at radius 3 is 2.47 bits per heavy atom. The number of rotatable bonds is 4. The lowest BCUT2D eigenvalue weighted by Crippen LogP contribution is -2.48. The summed E-state index contributed by atoms with van der Waals surface area (Å²) in [5, 5.41) is 14.1. The maximum absolute atomic E-state index is 11.8. The van der Waals surface area contributed by atoms with E-state index in [0.717, 1.165) is 0 Å². The van der Waals surface area contributed by atoms with E-state index >= 15 is 0 Å². The number of carboxylic acid groups (broad SMARTS) is 1. The van der Waals surface area contributed by atoms with Crippen LogP contribution in [0.1, 0.15) is 12.8 Å². The van der Waals surface area contributed by atoms with E-state index < -0.39 is 18.0 Å². The number of carboxylic acids is 1. The quantitative estimate of drug-likeness (QED) is 0.601. The third-order valence-corrected chi connectivity index (χ3v) is 2.88. The van der Waals surface area contributed by atoms with Gasteiger partial charge in [0.1, 0.15) is 6.04 Å². The van der Waals surface area contributed by atoms with Crippen molar-refractivity contribution in [3.8, 4) is 0 Å². The van der Waals surface area contributed by atoms with Crippen LogP contribution in [0, 0.1) is 0 Å². The highest BCUT2D eigenvalue weighted by atomic mass is 16.4. The first-order valence-electron chi connectivity index (χ1n) is 6.16. The Labute approximate surface area is 111 Å². The molecule has 1 atom stereocenters. The highest BCUT2D eigenvalue weighted by molar-refractivity contribution is 5.83. The SMILES string of the molecule is CN(C)C(=O)NCCNC(=O)N1CCC[C@@H]1C(=O)O. The van der Waals surface area contributed by atoms with Gasteiger partial charge in [-0.2, -0.15) is 0 Å². The maximum atomic E-state index is 11.8. The average Bonchev–Trinajstić information content (AvgIpc) is 2.83. The van der Waals surface area contributed by atoms with Crippen molar-refractivity contribution in [1.29, 1.82) is 0 Å². The number of carbonyl (C=O) groups is 3. The van der Waals surface area contributed by atoms with Crippen LogP contribution in [0.4, 0.5) is 9.59 Å². The van der Waals surface area contributed by atoms with Gasteiger partial charge in [-0.15, -0.1) is 0 Å². The fraction of sp³-hybridized carbons (Fsp3) is 0.727. The molecule has 19 heavy (non-hydrogen) atoms. The van der Waals surface area contributed by atoms with E-state index in [1.807, 2.05) is 0 Å². The molecule has 0 spiro atoms. The van der Waals surface area contributed by atoms with Crippen molar-refractivity contribution in [2.75, 3.05) is 33.7 Å². The second-order valence-electron chi connectivity index (χ2n) is 4.55. The van der Waals surface area contributed by atoms with Gasteiger partial charge in [0.05, 0.1) is 0 Å². The summed E-state index contributed by atoms with van der Waals surface area (Å²) in [4.78, 5) is 36.6. The molecule has 0 saturated carbocycles. The molecule has 108 valence electrons. The van der Waals surface area contributed by atoms with Crippen LogP contribution in [0.25, 0.3) is 0 Å². The van der Waals surface area contributed by atoms with E-state index in [9.17, 15) is 14.4 Å². The molecule has 0 aromatic rings. The molecule has 0 aliphatic carbocycles. The Morgan fingerprint density at radius 1 is 1.26 bits per heavy atom.